The van der Waals surface area contributed by atoms with Crippen LogP contribution in [0.3, 0.4) is 0 Å². The molecule has 0 N–H and O–H groups in total. The summed E-state index contributed by atoms with van der Waals surface area (Å²) in [5, 5.41) is 8.71. The molecule has 0 amide bonds. The molecule has 3 heterocycles. The van der Waals surface area contributed by atoms with Gasteiger partial charge in [0.1, 0.15) is 0 Å². The van der Waals surface area contributed by atoms with E-state index in [1.54, 1.807) is 0 Å². The van der Waals surface area contributed by atoms with Crippen LogP contribution in [0.5, 0.6) is 0 Å². The first-order chi connectivity index (χ1) is 10.8. The van der Waals surface area contributed by atoms with Crippen molar-refractivity contribution in [3.8, 4) is 0 Å². The molecule has 2 aliphatic rings. The number of aryl methyl sites for hydroxylation is 1. The highest BCUT2D eigenvalue weighted by molar-refractivity contribution is 5.09. The molecule has 0 bridgehead atoms. The Morgan fingerprint density at radius 1 is 1.18 bits per heavy atom. The van der Waals surface area contributed by atoms with Crippen LogP contribution in [0.4, 0.5) is 0 Å². The summed E-state index contributed by atoms with van der Waals surface area (Å²) in [5.41, 5.74) is 2.52. The number of likely N-dealkylation sites (tertiary alicyclic amines) is 1. The van der Waals surface area contributed by atoms with E-state index in [1.807, 2.05) is 12.5 Å². The van der Waals surface area contributed by atoms with Crippen LogP contribution >= 0.6 is 0 Å². The first kappa shape index (κ1) is 13.9. The molecule has 1 aliphatic carbocycles. The molecule has 0 aromatic carbocycles. The minimum Gasteiger partial charge on any atom is -0.334 e. The van der Waals surface area contributed by atoms with Crippen molar-refractivity contribution in [3.05, 3.63) is 30.1 Å². The van der Waals surface area contributed by atoms with E-state index < -0.39 is 0 Å². The fraction of sp³-hybridized carbons (Fsp3) is 0.688. The van der Waals surface area contributed by atoms with Gasteiger partial charge in [-0.25, -0.2) is 9.67 Å². The van der Waals surface area contributed by atoms with E-state index in [2.05, 4.69) is 42.6 Å². The lowest BCUT2D eigenvalue weighted by Gasteiger charge is -2.31. The van der Waals surface area contributed by atoms with Gasteiger partial charge < -0.3 is 4.57 Å². The minimum atomic E-state index is 0.521. The van der Waals surface area contributed by atoms with Crippen molar-refractivity contribution in [2.75, 3.05) is 13.1 Å². The molecular formula is C16H24N6. The SMILES string of the molecule is CCn1cncc1CN1CCC(n2cc(C3CC3)nn2)CC1. The first-order valence-corrected chi connectivity index (χ1v) is 8.46. The lowest BCUT2D eigenvalue weighted by atomic mass is 10.1. The van der Waals surface area contributed by atoms with E-state index >= 15 is 0 Å². The normalized spacial score (nSPS) is 20.6. The zero-order chi connectivity index (χ0) is 14.9. The quantitative estimate of drug-likeness (QED) is 0.849. The van der Waals surface area contributed by atoms with E-state index in [1.165, 1.54) is 24.2 Å². The van der Waals surface area contributed by atoms with E-state index in [-0.39, 0.29) is 0 Å². The Kier molecular flexibility index (Phi) is 3.70. The van der Waals surface area contributed by atoms with E-state index in [0.717, 1.165) is 39.0 Å². The molecule has 6 heteroatoms. The summed E-state index contributed by atoms with van der Waals surface area (Å²) in [7, 11) is 0. The summed E-state index contributed by atoms with van der Waals surface area (Å²) in [4.78, 5) is 6.79. The molecule has 2 aromatic heterocycles. The third-order valence-electron chi connectivity index (χ3n) is 4.98. The van der Waals surface area contributed by atoms with Gasteiger partial charge in [0.2, 0.25) is 0 Å². The van der Waals surface area contributed by atoms with Crippen LogP contribution in [-0.2, 0) is 13.1 Å². The Bertz CT molecular complexity index is 618. The summed E-state index contributed by atoms with van der Waals surface area (Å²) in [5.74, 6) is 0.697. The van der Waals surface area contributed by atoms with Crippen LogP contribution in [-0.4, -0.2) is 42.5 Å². The number of imidazole rings is 1. The fourth-order valence-electron chi connectivity index (χ4n) is 3.37. The lowest BCUT2D eigenvalue weighted by Crippen LogP contribution is -2.34. The molecule has 2 aromatic rings. The zero-order valence-corrected chi connectivity index (χ0v) is 13.2. The minimum absolute atomic E-state index is 0.521. The molecule has 22 heavy (non-hydrogen) atoms. The van der Waals surface area contributed by atoms with Crippen molar-refractivity contribution in [2.45, 2.75) is 57.7 Å². The maximum Gasteiger partial charge on any atom is 0.0948 e. The third kappa shape index (κ3) is 2.79. The van der Waals surface area contributed by atoms with Crippen LogP contribution in [0.2, 0.25) is 0 Å². The van der Waals surface area contributed by atoms with Gasteiger partial charge >= 0.3 is 0 Å². The first-order valence-electron chi connectivity index (χ1n) is 8.46. The third-order valence-corrected chi connectivity index (χ3v) is 4.98. The van der Waals surface area contributed by atoms with Crippen LogP contribution in [0.15, 0.2) is 18.7 Å². The second kappa shape index (κ2) is 5.83. The molecule has 6 nitrogen and oxygen atoms in total. The van der Waals surface area contributed by atoms with Crippen LogP contribution in [0.25, 0.3) is 0 Å². The van der Waals surface area contributed by atoms with Crippen LogP contribution < -0.4 is 0 Å². The van der Waals surface area contributed by atoms with Gasteiger partial charge in [-0.15, -0.1) is 5.10 Å². The fourth-order valence-corrected chi connectivity index (χ4v) is 3.37. The summed E-state index contributed by atoms with van der Waals surface area (Å²) in [6.45, 7) is 6.41. The number of rotatable bonds is 5. The Labute approximate surface area is 131 Å². The monoisotopic (exact) mass is 300 g/mol. The van der Waals surface area contributed by atoms with Crippen LogP contribution in [0.1, 0.15) is 56.0 Å². The highest BCUT2D eigenvalue weighted by atomic mass is 15.4. The van der Waals surface area contributed by atoms with Crippen LogP contribution in [0, 0.1) is 0 Å². The second-order valence-corrected chi connectivity index (χ2v) is 6.58. The van der Waals surface area contributed by atoms with E-state index in [0.29, 0.717) is 12.0 Å². The molecule has 0 spiro atoms. The molecule has 1 saturated carbocycles. The predicted octanol–water partition coefficient (Wildman–Crippen LogP) is 2.21. The molecule has 118 valence electrons. The average Bonchev–Trinajstić information content (AvgIpc) is 3.11. The van der Waals surface area contributed by atoms with Gasteiger partial charge in [-0.05, 0) is 32.6 Å². The second-order valence-electron chi connectivity index (χ2n) is 6.58. The summed E-state index contributed by atoms with van der Waals surface area (Å²) in [6.07, 6.45) is 11.0. The summed E-state index contributed by atoms with van der Waals surface area (Å²) >= 11 is 0. The highest BCUT2D eigenvalue weighted by Crippen LogP contribution is 2.39. The van der Waals surface area contributed by atoms with E-state index in [4.69, 9.17) is 0 Å². The number of aromatic nitrogens is 5. The van der Waals surface area contributed by atoms with E-state index in [9.17, 15) is 0 Å². The van der Waals surface area contributed by atoms with Gasteiger partial charge in [0.25, 0.3) is 0 Å². The van der Waals surface area contributed by atoms with Crippen molar-refractivity contribution in [1.29, 1.82) is 0 Å². The smallest absolute Gasteiger partial charge is 0.0948 e. The molecule has 4 rings (SSSR count). The Hall–Kier alpha value is -1.69. The van der Waals surface area contributed by atoms with Crippen molar-refractivity contribution < 1.29 is 0 Å². The lowest BCUT2D eigenvalue weighted by molar-refractivity contribution is 0.169. The maximum absolute atomic E-state index is 4.36. The predicted molar refractivity (Wildman–Crippen MR) is 83.4 cm³/mol. The topological polar surface area (TPSA) is 51.8 Å². The molecule has 2 fully saturated rings. The number of hydrogen-bond acceptors (Lipinski definition) is 4. The molecule has 1 saturated heterocycles. The molecule has 0 atom stereocenters. The largest absolute Gasteiger partial charge is 0.334 e. The van der Waals surface area contributed by atoms with Crippen molar-refractivity contribution in [3.63, 3.8) is 0 Å². The van der Waals surface area contributed by atoms with Gasteiger partial charge in [0.05, 0.1) is 23.8 Å². The summed E-state index contributed by atoms with van der Waals surface area (Å²) in [6, 6.07) is 0.521. The molecule has 0 unspecified atom stereocenters. The zero-order valence-electron chi connectivity index (χ0n) is 13.2. The summed E-state index contributed by atoms with van der Waals surface area (Å²) < 4.78 is 4.34. The standard InChI is InChI=1S/C16H24N6/c1-2-21-12-17-9-15(21)10-20-7-5-14(6-8-20)22-11-16(18-19-22)13-3-4-13/h9,11-14H,2-8,10H2,1H3. The average molecular weight is 300 g/mol. The van der Waals surface area contributed by atoms with Gasteiger partial charge in [0, 0.05) is 44.5 Å². The number of hydrogen-bond donors (Lipinski definition) is 0. The molecule has 1 aliphatic heterocycles. The van der Waals surface area contributed by atoms with Crippen molar-refractivity contribution >= 4 is 0 Å². The number of nitrogens with zero attached hydrogens (tertiary/aromatic N) is 6. The van der Waals surface area contributed by atoms with Gasteiger partial charge in [-0.2, -0.15) is 0 Å². The Morgan fingerprint density at radius 3 is 2.73 bits per heavy atom. The Balaban J connectivity index is 1.33. The Morgan fingerprint density at radius 2 is 2.00 bits per heavy atom. The molecule has 0 radical (unpaired) electrons. The van der Waals surface area contributed by atoms with Gasteiger partial charge in [-0.1, -0.05) is 5.21 Å². The van der Waals surface area contributed by atoms with Crippen molar-refractivity contribution in [2.24, 2.45) is 0 Å². The van der Waals surface area contributed by atoms with Gasteiger partial charge in [0.15, 0.2) is 0 Å². The molecular weight excluding hydrogens is 276 g/mol. The maximum atomic E-state index is 4.36. The highest BCUT2D eigenvalue weighted by Gasteiger charge is 2.28. The number of piperidine rings is 1. The van der Waals surface area contributed by atoms with Gasteiger partial charge in [-0.3, -0.25) is 4.90 Å². The van der Waals surface area contributed by atoms with Crippen molar-refractivity contribution in [1.82, 2.24) is 29.4 Å².